The van der Waals surface area contributed by atoms with Crippen LogP contribution in [0.1, 0.15) is 37.0 Å². The number of nitrogens with zero attached hydrogens (tertiary/aromatic N) is 1. The van der Waals surface area contributed by atoms with Gasteiger partial charge in [-0.1, -0.05) is 38.5 Å². The van der Waals surface area contributed by atoms with Crippen molar-refractivity contribution in [3.05, 3.63) is 42.1 Å². The highest BCUT2D eigenvalue weighted by atomic mass is 16.1. The molecule has 2 aromatic rings. The van der Waals surface area contributed by atoms with Gasteiger partial charge in [0, 0.05) is 23.1 Å². The van der Waals surface area contributed by atoms with E-state index in [1.54, 1.807) is 6.20 Å². The number of carbonyl (C=O) groups excluding carboxylic acids is 1. The van der Waals surface area contributed by atoms with E-state index >= 15 is 0 Å². The van der Waals surface area contributed by atoms with Gasteiger partial charge in [0.05, 0.1) is 5.52 Å². The Kier molecular flexibility index (Phi) is 3.52. The smallest absolute Gasteiger partial charge is 0.166 e. The molecular weight excluding hydrogens is 210 g/mol. The summed E-state index contributed by atoms with van der Waals surface area (Å²) in [6, 6.07) is 9.59. The highest BCUT2D eigenvalue weighted by molar-refractivity contribution is 6.08. The van der Waals surface area contributed by atoms with Gasteiger partial charge in [-0.15, -0.1) is 0 Å². The lowest BCUT2D eigenvalue weighted by molar-refractivity contribution is 0.0925. The Morgan fingerprint density at radius 3 is 2.88 bits per heavy atom. The van der Waals surface area contributed by atoms with Crippen LogP contribution in [-0.2, 0) is 0 Å². The van der Waals surface area contributed by atoms with E-state index in [1.165, 1.54) is 0 Å². The molecule has 2 nitrogen and oxygen atoms in total. The van der Waals surface area contributed by atoms with E-state index in [2.05, 4.69) is 11.9 Å². The second-order valence-electron chi connectivity index (χ2n) is 4.43. The summed E-state index contributed by atoms with van der Waals surface area (Å²) in [6.45, 7) is 4.11. The molecule has 0 amide bonds. The Balaban J connectivity index is 2.45. The molecule has 0 radical (unpaired) electrons. The first-order chi connectivity index (χ1) is 8.24. The third-order valence-corrected chi connectivity index (χ3v) is 3.08. The van der Waals surface area contributed by atoms with Crippen molar-refractivity contribution < 1.29 is 4.79 Å². The minimum absolute atomic E-state index is 0.0887. The number of fused-ring (bicyclic) bond motifs is 1. The standard InChI is InChI=1S/C15H17NO/c1-3-6-11(2)15(17)13-7-4-9-14-12(13)8-5-10-16-14/h4-5,7-11H,3,6H2,1-2H3. The molecule has 1 aromatic carbocycles. The SMILES string of the molecule is CCCC(C)C(=O)c1cccc2ncccc12. The van der Waals surface area contributed by atoms with Crippen molar-refractivity contribution in [1.29, 1.82) is 0 Å². The first kappa shape index (κ1) is 11.8. The van der Waals surface area contributed by atoms with Gasteiger partial charge in [-0.05, 0) is 18.6 Å². The van der Waals surface area contributed by atoms with Crippen LogP contribution in [0.2, 0.25) is 0 Å². The zero-order valence-corrected chi connectivity index (χ0v) is 10.3. The third kappa shape index (κ3) is 2.36. The van der Waals surface area contributed by atoms with Crippen LogP contribution in [0, 0.1) is 5.92 Å². The van der Waals surface area contributed by atoms with Crippen LogP contribution in [0.25, 0.3) is 10.9 Å². The maximum atomic E-state index is 12.3. The van der Waals surface area contributed by atoms with Gasteiger partial charge in [0.25, 0.3) is 0 Å². The molecule has 0 N–H and O–H groups in total. The van der Waals surface area contributed by atoms with E-state index in [0.29, 0.717) is 0 Å². The molecule has 2 heteroatoms. The second kappa shape index (κ2) is 5.09. The molecule has 88 valence electrons. The normalized spacial score (nSPS) is 12.6. The Hall–Kier alpha value is -1.70. The van der Waals surface area contributed by atoms with Crippen LogP contribution in [0.15, 0.2) is 36.5 Å². The lowest BCUT2D eigenvalue weighted by Gasteiger charge is -2.10. The van der Waals surface area contributed by atoms with Crippen LogP contribution in [0.4, 0.5) is 0 Å². The van der Waals surface area contributed by atoms with Gasteiger partial charge in [0.15, 0.2) is 5.78 Å². The molecule has 2 rings (SSSR count). The van der Waals surface area contributed by atoms with Gasteiger partial charge in [0.1, 0.15) is 0 Å². The minimum atomic E-state index is 0.0887. The molecule has 0 fully saturated rings. The summed E-state index contributed by atoms with van der Waals surface area (Å²) in [5, 5.41) is 0.961. The van der Waals surface area contributed by atoms with Gasteiger partial charge >= 0.3 is 0 Å². The number of Topliss-reactive ketones (excluding diaryl/α,β-unsaturated/α-hetero) is 1. The Bertz CT molecular complexity index is 528. The number of hydrogen-bond acceptors (Lipinski definition) is 2. The van der Waals surface area contributed by atoms with Crippen molar-refractivity contribution in [2.24, 2.45) is 5.92 Å². The summed E-state index contributed by atoms with van der Waals surface area (Å²) in [7, 11) is 0. The van der Waals surface area contributed by atoms with Crippen molar-refractivity contribution >= 4 is 16.7 Å². The maximum Gasteiger partial charge on any atom is 0.166 e. The summed E-state index contributed by atoms with van der Waals surface area (Å²) >= 11 is 0. The zero-order chi connectivity index (χ0) is 12.3. The fourth-order valence-electron chi connectivity index (χ4n) is 2.15. The highest BCUT2D eigenvalue weighted by Gasteiger charge is 2.16. The van der Waals surface area contributed by atoms with Crippen LogP contribution < -0.4 is 0 Å². The van der Waals surface area contributed by atoms with E-state index in [-0.39, 0.29) is 11.7 Å². The molecule has 1 unspecified atom stereocenters. The second-order valence-corrected chi connectivity index (χ2v) is 4.43. The minimum Gasteiger partial charge on any atom is -0.294 e. The molecule has 0 saturated carbocycles. The van der Waals surface area contributed by atoms with Gasteiger partial charge in [-0.2, -0.15) is 0 Å². The van der Waals surface area contributed by atoms with E-state index in [1.807, 2.05) is 37.3 Å². The topological polar surface area (TPSA) is 30.0 Å². The molecule has 17 heavy (non-hydrogen) atoms. The van der Waals surface area contributed by atoms with Gasteiger partial charge in [0.2, 0.25) is 0 Å². The fraction of sp³-hybridized carbons (Fsp3) is 0.333. The molecule has 0 aliphatic rings. The number of rotatable bonds is 4. The van der Waals surface area contributed by atoms with Gasteiger partial charge in [-0.25, -0.2) is 0 Å². The molecule has 0 aliphatic heterocycles. The fourth-order valence-corrected chi connectivity index (χ4v) is 2.15. The average molecular weight is 227 g/mol. The predicted octanol–water partition coefficient (Wildman–Crippen LogP) is 3.85. The summed E-state index contributed by atoms with van der Waals surface area (Å²) < 4.78 is 0. The van der Waals surface area contributed by atoms with E-state index < -0.39 is 0 Å². The monoisotopic (exact) mass is 227 g/mol. The highest BCUT2D eigenvalue weighted by Crippen LogP contribution is 2.21. The summed E-state index contributed by atoms with van der Waals surface area (Å²) in [5.41, 5.74) is 1.69. The third-order valence-electron chi connectivity index (χ3n) is 3.08. The number of aromatic nitrogens is 1. The molecule has 0 saturated heterocycles. The van der Waals surface area contributed by atoms with Crippen LogP contribution >= 0.6 is 0 Å². The van der Waals surface area contributed by atoms with Crippen molar-refractivity contribution in [3.8, 4) is 0 Å². The largest absolute Gasteiger partial charge is 0.294 e. The summed E-state index contributed by atoms with van der Waals surface area (Å²) in [4.78, 5) is 16.6. The van der Waals surface area contributed by atoms with Crippen molar-refractivity contribution in [2.75, 3.05) is 0 Å². The molecular formula is C15H17NO. The van der Waals surface area contributed by atoms with Crippen molar-refractivity contribution in [3.63, 3.8) is 0 Å². The molecule has 0 bridgehead atoms. The molecule has 0 spiro atoms. The lowest BCUT2D eigenvalue weighted by atomic mass is 9.93. The number of ketones is 1. The quantitative estimate of drug-likeness (QED) is 0.742. The molecule has 0 aliphatic carbocycles. The molecule has 1 aromatic heterocycles. The number of pyridine rings is 1. The number of benzene rings is 1. The summed E-state index contributed by atoms with van der Waals surface area (Å²) in [5.74, 6) is 0.316. The number of hydrogen-bond donors (Lipinski definition) is 0. The Morgan fingerprint density at radius 1 is 1.29 bits per heavy atom. The Morgan fingerprint density at radius 2 is 2.12 bits per heavy atom. The van der Waals surface area contributed by atoms with E-state index in [9.17, 15) is 4.79 Å². The Labute approximate surface area is 102 Å². The first-order valence-electron chi connectivity index (χ1n) is 6.12. The lowest BCUT2D eigenvalue weighted by Crippen LogP contribution is -2.11. The van der Waals surface area contributed by atoms with Crippen LogP contribution in [0.5, 0.6) is 0 Å². The van der Waals surface area contributed by atoms with E-state index in [4.69, 9.17) is 0 Å². The zero-order valence-electron chi connectivity index (χ0n) is 10.3. The molecule has 1 atom stereocenters. The predicted molar refractivity (Wildman–Crippen MR) is 70.1 cm³/mol. The van der Waals surface area contributed by atoms with E-state index in [0.717, 1.165) is 29.3 Å². The first-order valence-corrected chi connectivity index (χ1v) is 6.12. The summed E-state index contributed by atoms with van der Waals surface area (Å²) in [6.07, 6.45) is 3.73. The number of carbonyl (C=O) groups is 1. The van der Waals surface area contributed by atoms with Crippen LogP contribution in [0.3, 0.4) is 0 Å². The van der Waals surface area contributed by atoms with Gasteiger partial charge < -0.3 is 0 Å². The van der Waals surface area contributed by atoms with Crippen molar-refractivity contribution in [2.45, 2.75) is 26.7 Å². The van der Waals surface area contributed by atoms with Crippen LogP contribution in [-0.4, -0.2) is 10.8 Å². The maximum absolute atomic E-state index is 12.3. The van der Waals surface area contributed by atoms with Gasteiger partial charge in [-0.3, -0.25) is 9.78 Å². The average Bonchev–Trinajstić information content (AvgIpc) is 2.37. The molecule has 1 heterocycles. The van der Waals surface area contributed by atoms with Crippen molar-refractivity contribution in [1.82, 2.24) is 4.98 Å².